The van der Waals surface area contributed by atoms with Crippen LogP contribution in [0.25, 0.3) is 0 Å². The van der Waals surface area contributed by atoms with Gasteiger partial charge in [0, 0.05) is 25.7 Å². The van der Waals surface area contributed by atoms with Crippen LogP contribution in [0.15, 0.2) is 0 Å². The van der Waals surface area contributed by atoms with Crippen molar-refractivity contribution in [3.8, 4) is 0 Å². The average molecular weight is 296 g/mol. The van der Waals surface area contributed by atoms with Crippen LogP contribution in [0.2, 0.25) is 0 Å². The second kappa shape index (κ2) is 9.12. The fourth-order valence-electron chi connectivity index (χ4n) is 4.16. The summed E-state index contributed by atoms with van der Waals surface area (Å²) in [4.78, 5) is 2.68. The first-order valence-corrected chi connectivity index (χ1v) is 9.30. The number of ether oxygens (including phenoxy) is 1. The molecule has 1 heterocycles. The maximum Gasteiger partial charge on any atom is 0.0702 e. The van der Waals surface area contributed by atoms with E-state index in [-0.39, 0.29) is 0 Å². The highest BCUT2D eigenvalue weighted by molar-refractivity contribution is 4.86. The van der Waals surface area contributed by atoms with Crippen LogP contribution < -0.4 is 5.32 Å². The van der Waals surface area contributed by atoms with Crippen molar-refractivity contribution in [3.05, 3.63) is 0 Å². The molecule has 0 aromatic carbocycles. The summed E-state index contributed by atoms with van der Waals surface area (Å²) in [7, 11) is 0. The molecule has 1 saturated carbocycles. The first-order valence-electron chi connectivity index (χ1n) is 9.30. The molecule has 124 valence electrons. The Labute approximate surface area is 131 Å². The van der Waals surface area contributed by atoms with Gasteiger partial charge < -0.3 is 15.0 Å². The predicted molar refractivity (Wildman–Crippen MR) is 89.7 cm³/mol. The van der Waals surface area contributed by atoms with E-state index >= 15 is 0 Å². The highest BCUT2D eigenvalue weighted by Crippen LogP contribution is 2.30. The van der Waals surface area contributed by atoms with Gasteiger partial charge in [-0.2, -0.15) is 0 Å². The van der Waals surface area contributed by atoms with Crippen LogP contribution >= 0.6 is 0 Å². The minimum atomic E-state index is 0.484. The molecule has 1 saturated heterocycles. The van der Waals surface area contributed by atoms with Crippen molar-refractivity contribution >= 4 is 0 Å². The summed E-state index contributed by atoms with van der Waals surface area (Å²) >= 11 is 0. The van der Waals surface area contributed by atoms with Gasteiger partial charge in [0.1, 0.15) is 0 Å². The summed E-state index contributed by atoms with van der Waals surface area (Å²) in [5, 5.41) is 3.73. The second-order valence-corrected chi connectivity index (χ2v) is 7.24. The number of nitrogens with zero attached hydrogens (tertiary/aromatic N) is 1. The predicted octanol–water partition coefficient (Wildman–Crippen LogP) is 3.29. The molecule has 3 heteroatoms. The smallest absolute Gasteiger partial charge is 0.0702 e. The van der Waals surface area contributed by atoms with Gasteiger partial charge in [-0.1, -0.05) is 20.8 Å². The van der Waals surface area contributed by atoms with Gasteiger partial charge in [-0.3, -0.25) is 0 Å². The van der Waals surface area contributed by atoms with E-state index in [1.54, 1.807) is 0 Å². The molecule has 0 amide bonds. The molecule has 3 nitrogen and oxygen atoms in total. The Bertz CT molecular complexity index is 284. The van der Waals surface area contributed by atoms with Gasteiger partial charge in [0.15, 0.2) is 0 Å². The van der Waals surface area contributed by atoms with E-state index in [4.69, 9.17) is 4.74 Å². The standard InChI is InChI=1S/C18H36N2O/c1-4-11-21-17-7-6-10-20(14-17)13-16-12-15(3)8-9-18(16)19-5-2/h15-19H,4-14H2,1-3H3. The molecule has 2 rings (SSSR count). The minimum Gasteiger partial charge on any atom is -0.377 e. The molecular formula is C18H36N2O. The molecule has 1 aliphatic carbocycles. The molecule has 2 aliphatic rings. The van der Waals surface area contributed by atoms with Crippen LogP contribution in [-0.2, 0) is 4.74 Å². The number of rotatable bonds is 7. The van der Waals surface area contributed by atoms with Gasteiger partial charge in [0.05, 0.1) is 6.10 Å². The third-order valence-corrected chi connectivity index (χ3v) is 5.22. The lowest BCUT2D eigenvalue weighted by molar-refractivity contribution is -0.00803. The number of nitrogens with one attached hydrogen (secondary N) is 1. The fraction of sp³-hybridized carbons (Fsp3) is 1.00. The molecule has 0 radical (unpaired) electrons. The van der Waals surface area contributed by atoms with Crippen LogP contribution in [0, 0.1) is 11.8 Å². The lowest BCUT2D eigenvalue weighted by atomic mass is 9.78. The quantitative estimate of drug-likeness (QED) is 0.780. The number of hydrogen-bond acceptors (Lipinski definition) is 3. The Morgan fingerprint density at radius 2 is 2.05 bits per heavy atom. The maximum absolute atomic E-state index is 5.99. The Morgan fingerprint density at radius 3 is 2.81 bits per heavy atom. The van der Waals surface area contributed by atoms with Gasteiger partial charge in [-0.15, -0.1) is 0 Å². The minimum absolute atomic E-state index is 0.484. The van der Waals surface area contributed by atoms with Crippen LogP contribution in [0.1, 0.15) is 59.3 Å². The molecule has 4 atom stereocenters. The van der Waals surface area contributed by atoms with E-state index in [9.17, 15) is 0 Å². The zero-order chi connectivity index (χ0) is 15.1. The van der Waals surface area contributed by atoms with Crippen molar-refractivity contribution in [1.82, 2.24) is 10.2 Å². The molecule has 0 aromatic heterocycles. The first-order chi connectivity index (χ1) is 10.2. The summed E-state index contributed by atoms with van der Waals surface area (Å²) in [6.07, 6.45) is 8.35. The zero-order valence-electron chi connectivity index (χ0n) is 14.4. The number of hydrogen-bond donors (Lipinski definition) is 1. The Kier molecular flexibility index (Phi) is 7.48. The van der Waals surface area contributed by atoms with Crippen LogP contribution in [0.4, 0.5) is 0 Å². The molecule has 0 aromatic rings. The normalized spacial score (nSPS) is 35.0. The van der Waals surface area contributed by atoms with Gasteiger partial charge >= 0.3 is 0 Å². The lowest BCUT2D eigenvalue weighted by Gasteiger charge is -2.40. The second-order valence-electron chi connectivity index (χ2n) is 7.24. The van der Waals surface area contributed by atoms with E-state index in [0.717, 1.165) is 44.0 Å². The molecule has 2 fully saturated rings. The third-order valence-electron chi connectivity index (χ3n) is 5.22. The van der Waals surface area contributed by atoms with Crippen molar-refractivity contribution in [2.45, 2.75) is 71.4 Å². The van der Waals surface area contributed by atoms with Gasteiger partial charge in [0.25, 0.3) is 0 Å². The van der Waals surface area contributed by atoms with Crippen LogP contribution in [0.5, 0.6) is 0 Å². The van der Waals surface area contributed by atoms with Crippen LogP contribution in [-0.4, -0.2) is 49.8 Å². The first kappa shape index (κ1) is 17.2. The number of piperidine rings is 1. The number of likely N-dealkylation sites (tertiary alicyclic amines) is 1. The SMILES string of the molecule is CCCOC1CCCN(CC2CC(C)CCC2NCC)C1. The topological polar surface area (TPSA) is 24.5 Å². The van der Waals surface area contributed by atoms with Crippen molar-refractivity contribution in [1.29, 1.82) is 0 Å². The summed E-state index contributed by atoms with van der Waals surface area (Å²) in [5.74, 6) is 1.74. The summed E-state index contributed by atoms with van der Waals surface area (Å²) in [5.41, 5.74) is 0. The fourth-order valence-corrected chi connectivity index (χ4v) is 4.16. The van der Waals surface area contributed by atoms with E-state index < -0.39 is 0 Å². The van der Waals surface area contributed by atoms with E-state index in [1.165, 1.54) is 45.2 Å². The van der Waals surface area contributed by atoms with Gasteiger partial charge in [0.2, 0.25) is 0 Å². The van der Waals surface area contributed by atoms with Crippen molar-refractivity contribution < 1.29 is 4.74 Å². The molecular weight excluding hydrogens is 260 g/mol. The molecule has 4 unspecified atom stereocenters. The van der Waals surface area contributed by atoms with Gasteiger partial charge in [-0.05, 0) is 63.5 Å². The van der Waals surface area contributed by atoms with E-state index in [0.29, 0.717) is 6.10 Å². The highest BCUT2D eigenvalue weighted by atomic mass is 16.5. The highest BCUT2D eigenvalue weighted by Gasteiger charge is 2.31. The van der Waals surface area contributed by atoms with Crippen LogP contribution in [0.3, 0.4) is 0 Å². The Balaban J connectivity index is 1.82. The largest absolute Gasteiger partial charge is 0.377 e. The average Bonchev–Trinajstić information content (AvgIpc) is 2.48. The van der Waals surface area contributed by atoms with Crippen molar-refractivity contribution in [2.24, 2.45) is 11.8 Å². The van der Waals surface area contributed by atoms with Crippen molar-refractivity contribution in [3.63, 3.8) is 0 Å². The Hall–Kier alpha value is -0.120. The molecule has 1 aliphatic heterocycles. The molecule has 1 N–H and O–H groups in total. The van der Waals surface area contributed by atoms with E-state index in [2.05, 4.69) is 31.0 Å². The lowest BCUT2D eigenvalue weighted by Crippen LogP contribution is -2.48. The summed E-state index contributed by atoms with van der Waals surface area (Å²) < 4.78 is 5.99. The van der Waals surface area contributed by atoms with E-state index in [1.807, 2.05) is 0 Å². The zero-order valence-corrected chi connectivity index (χ0v) is 14.4. The molecule has 0 spiro atoms. The molecule has 0 bridgehead atoms. The summed E-state index contributed by atoms with van der Waals surface area (Å²) in [6, 6.07) is 0.739. The Morgan fingerprint density at radius 1 is 1.19 bits per heavy atom. The maximum atomic E-state index is 5.99. The molecule has 21 heavy (non-hydrogen) atoms. The summed E-state index contributed by atoms with van der Waals surface area (Å²) in [6.45, 7) is 12.6. The van der Waals surface area contributed by atoms with Crippen molar-refractivity contribution in [2.75, 3.05) is 32.8 Å². The monoisotopic (exact) mass is 296 g/mol. The third kappa shape index (κ3) is 5.54. The van der Waals surface area contributed by atoms with Gasteiger partial charge in [-0.25, -0.2) is 0 Å².